The smallest absolute Gasteiger partial charge is 0.221 e. The molecule has 128 valence electrons. The molecule has 0 unspecified atom stereocenters. The molecule has 0 aliphatic heterocycles. The number of hydrogen-bond donors (Lipinski definition) is 2. The third-order valence-corrected chi connectivity index (χ3v) is 4.42. The van der Waals surface area contributed by atoms with Gasteiger partial charge in [-0.05, 0) is 45.8 Å². The van der Waals surface area contributed by atoms with Crippen molar-refractivity contribution in [3.05, 3.63) is 58.7 Å². The van der Waals surface area contributed by atoms with Gasteiger partial charge in [-0.1, -0.05) is 18.2 Å². The van der Waals surface area contributed by atoms with Gasteiger partial charge in [0.2, 0.25) is 5.91 Å². The maximum absolute atomic E-state index is 11.4. The molecule has 6 heteroatoms. The summed E-state index contributed by atoms with van der Waals surface area (Å²) >= 11 is 3.53. The molecule has 2 N–H and O–H groups in total. The molecule has 1 aromatic heterocycles. The van der Waals surface area contributed by atoms with Gasteiger partial charge in [-0.25, -0.2) is 0 Å². The zero-order valence-corrected chi connectivity index (χ0v) is 15.6. The molecule has 25 heavy (non-hydrogen) atoms. The van der Waals surface area contributed by atoms with Gasteiger partial charge in [0.15, 0.2) is 0 Å². The zero-order valence-electron chi connectivity index (χ0n) is 14.0. The second-order valence-corrected chi connectivity index (χ2v) is 6.42. The maximum atomic E-state index is 11.4. The number of anilines is 2. The number of para-hydroxylation sites is 1. The fourth-order valence-electron chi connectivity index (χ4n) is 2.64. The molecule has 0 aliphatic carbocycles. The van der Waals surface area contributed by atoms with Crippen LogP contribution in [0.5, 0.6) is 5.75 Å². The molecule has 5 nitrogen and oxygen atoms in total. The van der Waals surface area contributed by atoms with Gasteiger partial charge in [-0.15, -0.1) is 0 Å². The van der Waals surface area contributed by atoms with Gasteiger partial charge in [0, 0.05) is 35.2 Å². The van der Waals surface area contributed by atoms with Crippen molar-refractivity contribution in [2.45, 2.75) is 13.5 Å². The highest BCUT2D eigenvalue weighted by Crippen LogP contribution is 2.29. The first-order valence-corrected chi connectivity index (χ1v) is 8.59. The molecular weight excluding hydrogens is 382 g/mol. The van der Waals surface area contributed by atoms with Crippen LogP contribution in [0.3, 0.4) is 0 Å². The van der Waals surface area contributed by atoms with Crippen LogP contribution in [-0.2, 0) is 11.3 Å². The molecule has 0 atom stereocenters. The van der Waals surface area contributed by atoms with Gasteiger partial charge in [0.05, 0.1) is 18.3 Å². The van der Waals surface area contributed by atoms with Crippen LogP contribution in [-0.4, -0.2) is 18.0 Å². The number of aromatic nitrogens is 1. The number of fused-ring (bicyclic) bond motifs is 1. The van der Waals surface area contributed by atoms with Crippen LogP contribution < -0.4 is 15.4 Å². The number of carbonyl (C=O) groups excluding carboxylic acids is 1. The Balaban J connectivity index is 1.85. The van der Waals surface area contributed by atoms with Gasteiger partial charge in [-0.2, -0.15) is 0 Å². The molecule has 1 amide bonds. The number of benzene rings is 2. The number of halogens is 1. The van der Waals surface area contributed by atoms with Gasteiger partial charge < -0.3 is 15.4 Å². The average Bonchev–Trinajstić information content (AvgIpc) is 2.60. The number of amides is 1. The fourth-order valence-corrected chi connectivity index (χ4v) is 3.11. The standard InChI is InChI=1S/C19H18BrN3O2/c1-12(24)23-17-10-13(6-7-18(17)25-2)11-22-16-8-9-21-19-14(16)4-3-5-15(19)20/h3-10H,11H2,1-2H3,(H,21,22)(H,23,24). The van der Waals surface area contributed by atoms with Gasteiger partial charge in [0.1, 0.15) is 5.75 Å². The monoisotopic (exact) mass is 399 g/mol. The highest BCUT2D eigenvalue weighted by Gasteiger charge is 2.08. The van der Waals surface area contributed by atoms with Gasteiger partial charge in [0.25, 0.3) is 0 Å². The Bertz CT molecular complexity index is 928. The lowest BCUT2D eigenvalue weighted by molar-refractivity contribution is -0.114. The summed E-state index contributed by atoms with van der Waals surface area (Å²) in [6.45, 7) is 2.09. The van der Waals surface area contributed by atoms with Crippen molar-refractivity contribution in [3.8, 4) is 5.75 Å². The highest BCUT2D eigenvalue weighted by molar-refractivity contribution is 9.10. The van der Waals surface area contributed by atoms with Gasteiger partial charge in [-0.3, -0.25) is 9.78 Å². The van der Waals surface area contributed by atoms with Crippen LogP contribution in [0, 0.1) is 0 Å². The molecule has 3 aromatic rings. The predicted molar refractivity (Wildman–Crippen MR) is 104 cm³/mol. The lowest BCUT2D eigenvalue weighted by atomic mass is 10.1. The van der Waals surface area contributed by atoms with Gasteiger partial charge >= 0.3 is 0 Å². The molecular formula is C19H18BrN3O2. The summed E-state index contributed by atoms with van der Waals surface area (Å²) in [4.78, 5) is 15.8. The van der Waals surface area contributed by atoms with E-state index in [4.69, 9.17) is 4.74 Å². The van der Waals surface area contributed by atoms with E-state index in [-0.39, 0.29) is 5.91 Å². The van der Waals surface area contributed by atoms with E-state index < -0.39 is 0 Å². The number of nitrogens with one attached hydrogen (secondary N) is 2. The van der Waals surface area contributed by atoms with E-state index in [0.29, 0.717) is 18.0 Å². The average molecular weight is 400 g/mol. The van der Waals surface area contributed by atoms with Crippen LogP contribution in [0.15, 0.2) is 53.1 Å². The van der Waals surface area contributed by atoms with Crippen LogP contribution in [0.2, 0.25) is 0 Å². The number of rotatable bonds is 5. The van der Waals surface area contributed by atoms with E-state index in [9.17, 15) is 4.79 Å². The fraction of sp³-hybridized carbons (Fsp3) is 0.158. The summed E-state index contributed by atoms with van der Waals surface area (Å²) in [6.07, 6.45) is 1.78. The summed E-state index contributed by atoms with van der Waals surface area (Å²) in [6, 6.07) is 13.7. The Morgan fingerprint density at radius 2 is 2.04 bits per heavy atom. The van der Waals surface area contributed by atoms with E-state index in [1.165, 1.54) is 6.92 Å². The molecule has 0 saturated heterocycles. The lowest BCUT2D eigenvalue weighted by Crippen LogP contribution is -2.08. The van der Waals surface area contributed by atoms with Crippen LogP contribution in [0.1, 0.15) is 12.5 Å². The maximum Gasteiger partial charge on any atom is 0.221 e. The van der Waals surface area contributed by atoms with Crippen molar-refractivity contribution in [2.24, 2.45) is 0 Å². The molecule has 0 saturated carbocycles. The SMILES string of the molecule is COc1ccc(CNc2ccnc3c(Br)cccc23)cc1NC(C)=O. The summed E-state index contributed by atoms with van der Waals surface area (Å²) < 4.78 is 6.25. The van der Waals surface area contributed by atoms with E-state index in [2.05, 4.69) is 31.5 Å². The quantitative estimate of drug-likeness (QED) is 0.658. The second kappa shape index (κ2) is 7.53. The Morgan fingerprint density at radius 3 is 2.80 bits per heavy atom. The van der Waals surface area contributed by atoms with Crippen LogP contribution in [0.25, 0.3) is 10.9 Å². The number of nitrogens with zero attached hydrogens (tertiary/aromatic N) is 1. The number of carbonyl (C=O) groups is 1. The summed E-state index contributed by atoms with van der Waals surface area (Å²) in [5.41, 5.74) is 3.62. The van der Waals surface area contributed by atoms with Crippen molar-refractivity contribution < 1.29 is 9.53 Å². The normalized spacial score (nSPS) is 10.5. The molecule has 0 bridgehead atoms. The first-order chi connectivity index (χ1) is 12.1. The first-order valence-electron chi connectivity index (χ1n) is 7.80. The topological polar surface area (TPSA) is 63.2 Å². The third kappa shape index (κ3) is 3.91. The van der Waals surface area contributed by atoms with Crippen LogP contribution >= 0.6 is 15.9 Å². The summed E-state index contributed by atoms with van der Waals surface area (Å²) in [5, 5.41) is 7.28. The lowest BCUT2D eigenvalue weighted by Gasteiger charge is -2.13. The summed E-state index contributed by atoms with van der Waals surface area (Å²) in [7, 11) is 1.58. The third-order valence-electron chi connectivity index (χ3n) is 3.78. The van der Waals surface area contributed by atoms with E-state index >= 15 is 0 Å². The minimum Gasteiger partial charge on any atom is -0.495 e. The first kappa shape index (κ1) is 17.2. The number of hydrogen-bond acceptors (Lipinski definition) is 4. The van der Waals surface area contributed by atoms with E-state index in [1.54, 1.807) is 13.3 Å². The Morgan fingerprint density at radius 1 is 1.20 bits per heavy atom. The van der Waals surface area contributed by atoms with Crippen LogP contribution in [0.4, 0.5) is 11.4 Å². The number of pyridine rings is 1. The van der Waals surface area contributed by atoms with Crippen molar-refractivity contribution in [1.82, 2.24) is 4.98 Å². The molecule has 3 rings (SSSR count). The molecule has 0 spiro atoms. The van der Waals surface area contributed by atoms with Crippen molar-refractivity contribution in [3.63, 3.8) is 0 Å². The minimum absolute atomic E-state index is 0.131. The van der Waals surface area contributed by atoms with Crippen molar-refractivity contribution >= 4 is 44.1 Å². The Kier molecular flexibility index (Phi) is 5.19. The van der Waals surface area contributed by atoms with Crippen molar-refractivity contribution in [2.75, 3.05) is 17.7 Å². The zero-order chi connectivity index (χ0) is 17.8. The molecule has 0 radical (unpaired) electrons. The second-order valence-electron chi connectivity index (χ2n) is 5.56. The predicted octanol–water partition coefficient (Wildman–Crippen LogP) is 4.58. The highest BCUT2D eigenvalue weighted by atomic mass is 79.9. The van der Waals surface area contributed by atoms with Crippen molar-refractivity contribution in [1.29, 1.82) is 0 Å². The Labute approximate surface area is 154 Å². The molecule has 2 aromatic carbocycles. The Hall–Kier alpha value is -2.60. The number of methoxy groups -OCH3 is 1. The molecule has 0 aliphatic rings. The van der Waals surface area contributed by atoms with E-state index in [0.717, 1.165) is 26.6 Å². The molecule has 1 heterocycles. The number of ether oxygens (including phenoxy) is 1. The minimum atomic E-state index is -0.131. The largest absolute Gasteiger partial charge is 0.495 e. The molecule has 0 fully saturated rings. The summed E-state index contributed by atoms with van der Waals surface area (Å²) in [5.74, 6) is 0.505. The van der Waals surface area contributed by atoms with E-state index in [1.807, 2.05) is 42.5 Å².